The van der Waals surface area contributed by atoms with Crippen molar-refractivity contribution in [2.24, 2.45) is 0 Å². The van der Waals surface area contributed by atoms with Gasteiger partial charge in [0.05, 0.1) is 12.7 Å². The van der Waals surface area contributed by atoms with Crippen LogP contribution in [0.2, 0.25) is 0 Å². The van der Waals surface area contributed by atoms with E-state index in [0.29, 0.717) is 5.39 Å². The average molecular weight is 267 g/mol. The van der Waals surface area contributed by atoms with E-state index < -0.39 is 5.97 Å². The second-order valence-corrected chi connectivity index (χ2v) is 4.50. The Morgan fingerprint density at radius 3 is 2.70 bits per heavy atom. The van der Waals surface area contributed by atoms with Crippen LogP contribution in [0.15, 0.2) is 48.7 Å². The molecule has 2 aromatic carbocycles. The van der Waals surface area contributed by atoms with Crippen molar-refractivity contribution >= 4 is 16.9 Å². The molecule has 0 radical (unpaired) electrons. The molecule has 0 saturated heterocycles. The van der Waals surface area contributed by atoms with Gasteiger partial charge in [0.25, 0.3) is 0 Å². The highest BCUT2D eigenvalue weighted by molar-refractivity contribution is 6.04. The topological polar surface area (TPSA) is 62.3 Å². The molecule has 100 valence electrons. The van der Waals surface area contributed by atoms with E-state index in [1.165, 1.54) is 6.20 Å². The smallest absolute Gasteiger partial charge is 0.337 e. The van der Waals surface area contributed by atoms with Gasteiger partial charge in [-0.05, 0) is 35.4 Å². The van der Waals surface area contributed by atoms with Crippen LogP contribution in [0.5, 0.6) is 5.75 Å². The number of fused-ring (bicyclic) bond motifs is 1. The fraction of sp³-hybridized carbons (Fsp3) is 0.0625. The van der Waals surface area contributed by atoms with Crippen molar-refractivity contribution in [2.75, 3.05) is 7.11 Å². The lowest BCUT2D eigenvalue weighted by Crippen LogP contribution is -1.93. The van der Waals surface area contributed by atoms with Gasteiger partial charge in [-0.1, -0.05) is 18.2 Å². The number of nitrogens with one attached hydrogen (secondary N) is 1. The highest BCUT2D eigenvalue weighted by Gasteiger charge is 2.11. The molecule has 3 aromatic rings. The monoisotopic (exact) mass is 267 g/mol. The Morgan fingerprint density at radius 1 is 1.15 bits per heavy atom. The zero-order valence-corrected chi connectivity index (χ0v) is 10.9. The third-order valence-corrected chi connectivity index (χ3v) is 3.32. The molecule has 2 N–H and O–H groups in total. The molecule has 0 atom stereocenters. The minimum Gasteiger partial charge on any atom is -0.497 e. The van der Waals surface area contributed by atoms with E-state index in [4.69, 9.17) is 4.74 Å². The van der Waals surface area contributed by atoms with E-state index in [1.807, 2.05) is 42.5 Å². The van der Waals surface area contributed by atoms with Gasteiger partial charge < -0.3 is 14.8 Å². The SMILES string of the molecule is COc1cccc(-c2ccc3[nH]cc(C(=O)O)c3c2)c1. The zero-order chi connectivity index (χ0) is 14.1. The first-order chi connectivity index (χ1) is 9.69. The number of carboxylic acid groups (broad SMARTS) is 1. The van der Waals surface area contributed by atoms with Gasteiger partial charge in [0.15, 0.2) is 0 Å². The van der Waals surface area contributed by atoms with Gasteiger partial charge in [-0.25, -0.2) is 4.79 Å². The van der Waals surface area contributed by atoms with Gasteiger partial charge in [-0.3, -0.25) is 0 Å². The van der Waals surface area contributed by atoms with Crippen LogP contribution in [0.1, 0.15) is 10.4 Å². The molecule has 1 heterocycles. The van der Waals surface area contributed by atoms with E-state index in [2.05, 4.69) is 4.98 Å². The van der Waals surface area contributed by atoms with E-state index >= 15 is 0 Å². The molecule has 4 heteroatoms. The third kappa shape index (κ3) is 2.01. The number of hydrogen-bond acceptors (Lipinski definition) is 2. The van der Waals surface area contributed by atoms with Crippen LogP contribution in [-0.2, 0) is 0 Å². The van der Waals surface area contributed by atoms with Crippen LogP contribution in [0.25, 0.3) is 22.0 Å². The second kappa shape index (κ2) is 4.74. The average Bonchev–Trinajstić information content (AvgIpc) is 2.90. The van der Waals surface area contributed by atoms with Crippen molar-refractivity contribution in [3.05, 3.63) is 54.2 Å². The van der Waals surface area contributed by atoms with Crippen molar-refractivity contribution in [1.82, 2.24) is 4.98 Å². The van der Waals surface area contributed by atoms with Crippen molar-refractivity contribution in [2.45, 2.75) is 0 Å². The highest BCUT2D eigenvalue weighted by Crippen LogP contribution is 2.28. The third-order valence-electron chi connectivity index (χ3n) is 3.32. The van der Waals surface area contributed by atoms with E-state index in [1.54, 1.807) is 7.11 Å². The maximum absolute atomic E-state index is 11.2. The lowest BCUT2D eigenvalue weighted by molar-refractivity contribution is 0.0699. The molecule has 0 spiro atoms. The van der Waals surface area contributed by atoms with Gasteiger partial charge in [0.2, 0.25) is 0 Å². The van der Waals surface area contributed by atoms with Crippen LogP contribution < -0.4 is 4.74 Å². The molecule has 0 fully saturated rings. The lowest BCUT2D eigenvalue weighted by atomic mass is 10.0. The van der Waals surface area contributed by atoms with Crippen molar-refractivity contribution in [1.29, 1.82) is 0 Å². The van der Waals surface area contributed by atoms with Gasteiger partial charge in [-0.15, -0.1) is 0 Å². The van der Waals surface area contributed by atoms with Crippen LogP contribution in [0, 0.1) is 0 Å². The number of hydrogen-bond donors (Lipinski definition) is 2. The minimum atomic E-state index is -0.931. The molecule has 1 aromatic heterocycles. The summed E-state index contributed by atoms with van der Waals surface area (Å²) in [7, 11) is 1.62. The summed E-state index contributed by atoms with van der Waals surface area (Å²) in [5, 5.41) is 9.88. The molecule has 0 aliphatic rings. The lowest BCUT2D eigenvalue weighted by Gasteiger charge is -2.05. The molecule has 0 saturated carbocycles. The Kier molecular flexibility index (Phi) is 2.91. The minimum absolute atomic E-state index is 0.282. The fourth-order valence-electron chi connectivity index (χ4n) is 2.28. The summed E-state index contributed by atoms with van der Waals surface area (Å²) in [6.45, 7) is 0. The second-order valence-electron chi connectivity index (χ2n) is 4.50. The summed E-state index contributed by atoms with van der Waals surface area (Å²) >= 11 is 0. The number of ether oxygens (including phenoxy) is 1. The number of benzene rings is 2. The number of rotatable bonds is 3. The number of aromatic amines is 1. The van der Waals surface area contributed by atoms with Crippen LogP contribution in [0.3, 0.4) is 0 Å². The van der Waals surface area contributed by atoms with Crippen LogP contribution in [-0.4, -0.2) is 23.2 Å². The summed E-state index contributed by atoms with van der Waals surface area (Å²) in [4.78, 5) is 14.1. The summed E-state index contributed by atoms with van der Waals surface area (Å²) in [6, 6.07) is 13.4. The van der Waals surface area contributed by atoms with E-state index in [-0.39, 0.29) is 5.56 Å². The van der Waals surface area contributed by atoms with Gasteiger partial charge in [0, 0.05) is 17.1 Å². The molecule has 3 rings (SSSR count). The van der Waals surface area contributed by atoms with Gasteiger partial charge in [-0.2, -0.15) is 0 Å². The maximum atomic E-state index is 11.2. The Balaban J connectivity index is 2.16. The van der Waals surface area contributed by atoms with E-state index in [9.17, 15) is 9.90 Å². The molecule has 0 unspecified atom stereocenters. The van der Waals surface area contributed by atoms with Crippen molar-refractivity contribution < 1.29 is 14.6 Å². The van der Waals surface area contributed by atoms with Crippen LogP contribution >= 0.6 is 0 Å². The molecule has 0 bridgehead atoms. The first kappa shape index (κ1) is 12.3. The molecule has 0 aliphatic carbocycles. The van der Waals surface area contributed by atoms with E-state index in [0.717, 1.165) is 22.4 Å². The standard InChI is InChI=1S/C16H13NO3/c1-20-12-4-2-3-10(7-12)11-5-6-15-13(8-11)14(9-17-15)16(18)19/h2-9,17H,1H3,(H,18,19). The summed E-state index contributed by atoms with van der Waals surface area (Å²) in [5.74, 6) is -0.158. The summed E-state index contributed by atoms with van der Waals surface area (Å²) in [6.07, 6.45) is 1.52. The first-order valence-electron chi connectivity index (χ1n) is 6.18. The molecule has 0 aliphatic heterocycles. The van der Waals surface area contributed by atoms with Gasteiger partial charge >= 0.3 is 5.97 Å². The number of methoxy groups -OCH3 is 1. The predicted octanol–water partition coefficient (Wildman–Crippen LogP) is 3.54. The fourth-order valence-corrected chi connectivity index (χ4v) is 2.28. The normalized spacial score (nSPS) is 10.7. The Labute approximate surface area is 115 Å². The quantitative estimate of drug-likeness (QED) is 0.763. The highest BCUT2D eigenvalue weighted by atomic mass is 16.5. The van der Waals surface area contributed by atoms with Gasteiger partial charge in [0.1, 0.15) is 5.75 Å². The number of carbonyl (C=O) groups is 1. The number of aromatic nitrogens is 1. The Morgan fingerprint density at radius 2 is 1.95 bits per heavy atom. The molecule has 0 amide bonds. The van der Waals surface area contributed by atoms with Crippen LogP contribution in [0.4, 0.5) is 0 Å². The Hall–Kier alpha value is -2.75. The van der Waals surface area contributed by atoms with Crippen molar-refractivity contribution in [3.63, 3.8) is 0 Å². The number of H-pyrrole nitrogens is 1. The Bertz CT molecular complexity index is 789. The number of aromatic carboxylic acids is 1. The molecular weight excluding hydrogens is 254 g/mol. The molecule has 4 nitrogen and oxygen atoms in total. The zero-order valence-electron chi connectivity index (χ0n) is 10.9. The molecule has 20 heavy (non-hydrogen) atoms. The number of carboxylic acids is 1. The predicted molar refractivity (Wildman–Crippen MR) is 77.2 cm³/mol. The summed E-state index contributed by atoms with van der Waals surface area (Å²) in [5.41, 5.74) is 3.04. The molecular formula is C16H13NO3. The summed E-state index contributed by atoms with van der Waals surface area (Å²) < 4.78 is 5.21. The maximum Gasteiger partial charge on any atom is 0.337 e. The van der Waals surface area contributed by atoms with Crippen molar-refractivity contribution in [3.8, 4) is 16.9 Å². The first-order valence-corrected chi connectivity index (χ1v) is 6.18. The largest absolute Gasteiger partial charge is 0.497 e.